The summed E-state index contributed by atoms with van der Waals surface area (Å²) < 4.78 is 28.4. The second kappa shape index (κ2) is 6.17. The lowest BCUT2D eigenvalue weighted by Gasteiger charge is -2.07. The van der Waals surface area contributed by atoms with E-state index in [9.17, 15) is 8.42 Å². The summed E-state index contributed by atoms with van der Waals surface area (Å²) in [6, 6.07) is 7.65. The van der Waals surface area contributed by atoms with Crippen LogP contribution in [0.15, 0.2) is 41.6 Å². The van der Waals surface area contributed by atoms with E-state index in [-0.39, 0.29) is 11.4 Å². The van der Waals surface area contributed by atoms with Crippen molar-refractivity contribution >= 4 is 10.0 Å². The Morgan fingerprint density at radius 1 is 1.35 bits per heavy atom. The Hall–Kier alpha value is -1.70. The van der Waals surface area contributed by atoms with Gasteiger partial charge in [0.15, 0.2) is 0 Å². The van der Waals surface area contributed by atoms with E-state index in [4.69, 9.17) is 5.73 Å². The molecule has 0 atom stereocenters. The number of aryl methyl sites for hydroxylation is 1. The van der Waals surface area contributed by atoms with E-state index in [0.717, 1.165) is 11.1 Å². The predicted octanol–water partition coefficient (Wildman–Crippen LogP) is 0.629. The topological polar surface area (TPSA) is 90.0 Å². The van der Waals surface area contributed by atoms with Crippen molar-refractivity contribution in [2.24, 2.45) is 5.73 Å². The molecule has 108 valence electrons. The first kappa shape index (κ1) is 14.7. The van der Waals surface area contributed by atoms with Crippen LogP contribution in [0.25, 0.3) is 0 Å². The normalized spacial score (nSPS) is 11.7. The maximum absolute atomic E-state index is 12.1. The van der Waals surface area contributed by atoms with E-state index < -0.39 is 10.0 Å². The highest BCUT2D eigenvalue weighted by Gasteiger charge is 2.16. The van der Waals surface area contributed by atoms with Crippen molar-refractivity contribution in [3.63, 3.8) is 0 Å². The maximum atomic E-state index is 12.1. The zero-order chi connectivity index (χ0) is 14.6. The Balaban J connectivity index is 2.09. The van der Waals surface area contributed by atoms with Gasteiger partial charge < -0.3 is 5.73 Å². The van der Waals surface area contributed by atoms with E-state index in [2.05, 4.69) is 9.82 Å². The monoisotopic (exact) mass is 294 g/mol. The number of nitrogens with two attached hydrogens (primary N) is 1. The van der Waals surface area contributed by atoms with Gasteiger partial charge >= 0.3 is 0 Å². The Bertz CT molecular complexity index is 679. The molecule has 0 spiro atoms. The van der Waals surface area contributed by atoms with Crippen LogP contribution < -0.4 is 10.5 Å². The van der Waals surface area contributed by atoms with Crippen LogP contribution in [-0.4, -0.2) is 24.7 Å². The number of nitrogens with one attached hydrogen (secondary N) is 1. The van der Waals surface area contributed by atoms with Crippen molar-refractivity contribution in [3.8, 4) is 0 Å². The SMILES string of the molecule is Cc1ccccc1CNS(=O)(=O)c1cnn(CCN)c1. The molecule has 7 heteroatoms. The van der Waals surface area contributed by atoms with Gasteiger partial charge in [0.05, 0.1) is 12.7 Å². The quantitative estimate of drug-likeness (QED) is 0.817. The van der Waals surface area contributed by atoms with Crippen LogP contribution in [0.1, 0.15) is 11.1 Å². The maximum Gasteiger partial charge on any atom is 0.243 e. The minimum Gasteiger partial charge on any atom is -0.329 e. The van der Waals surface area contributed by atoms with Crippen molar-refractivity contribution in [2.45, 2.75) is 24.9 Å². The third-order valence-electron chi connectivity index (χ3n) is 2.99. The van der Waals surface area contributed by atoms with Gasteiger partial charge in [-0.05, 0) is 18.1 Å². The molecule has 0 saturated heterocycles. The summed E-state index contributed by atoms with van der Waals surface area (Å²) in [5.41, 5.74) is 7.40. The summed E-state index contributed by atoms with van der Waals surface area (Å²) in [6.45, 7) is 3.12. The van der Waals surface area contributed by atoms with Crippen molar-refractivity contribution in [2.75, 3.05) is 6.54 Å². The Morgan fingerprint density at radius 3 is 2.80 bits per heavy atom. The van der Waals surface area contributed by atoms with Gasteiger partial charge in [0.1, 0.15) is 4.90 Å². The number of hydrogen-bond acceptors (Lipinski definition) is 4. The van der Waals surface area contributed by atoms with E-state index in [1.807, 2.05) is 31.2 Å². The van der Waals surface area contributed by atoms with E-state index in [0.29, 0.717) is 13.1 Å². The van der Waals surface area contributed by atoms with Gasteiger partial charge in [-0.25, -0.2) is 13.1 Å². The average molecular weight is 294 g/mol. The molecular formula is C13H18N4O2S. The Kier molecular flexibility index (Phi) is 4.53. The molecule has 6 nitrogen and oxygen atoms in total. The molecule has 0 amide bonds. The number of nitrogens with zero attached hydrogens (tertiary/aromatic N) is 2. The fourth-order valence-electron chi connectivity index (χ4n) is 1.80. The largest absolute Gasteiger partial charge is 0.329 e. The molecule has 0 aliphatic heterocycles. The smallest absolute Gasteiger partial charge is 0.243 e. The first-order valence-electron chi connectivity index (χ1n) is 6.29. The molecule has 1 heterocycles. The highest BCUT2D eigenvalue weighted by molar-refractivity contribution is 7.89. The van der Waals surface area contributed by atoms with Crippen LogP contribution in [0, 0.1) is 6.92 Å². The Labute approximate surface area is 118 Å². The molecule has 0 aliphatic rings. The molecule has 0 aliphatic carbocycles. The number of hydrogen-bond donors (Lipinski definition) is 2. The molecule has 20 heavy (non-hydrogen) atoms. The van der Waals surface area contributed by atoms with Crippen LogP contribution in [0.3, 0.4) is 0 Å². The van der Waals surface area contributed by atoms with Crippen LogP contribution in [-0.2, 0) is 23.1 Å². The summed E-state index contributed by atoms with van der Waals surface area (Å²) in [7, 11) is -3.55. The fraction of sp³-hybridized carbons (Fsp3) is 0.308. The second-order valence-corrected chi connectivity index (χ2v) is 6.25. The van der Waals surface area contributed by atoms with Gasteiger partial charge in [-0.3, -0.25) is 4.68 Å². The summed E-state index contributed by atoms with van der Waals surface area (Å²) in [4.78, 5) is 0.152. The third kappa shape index (κ3) is 3.44. The molecule has 3 N–H and O–H groups in total. The van der Waals surface area contributed by atoms with Crippen LogP contribution in [0.4, 0.5) is 0 Å². The summed E-state index contributed by atoms with van der Waals surface area (Å²) in [5.74, 6) is 0. The number of rotatable bonds is 6. The number of benzene rings is 1. The first-order chi connectivity index (χ1) is 9.53. The van der Waals surface area contributed by atoms with Gasteiger partial charge in [0.2, 0.25) is 10.0 Å². The molecule has 1 aromatic heterocycles. The van der Waals surface area contributed by atoms with Gasteiger partial charge in [0.25, 0.3) is 0 Å². The fourth-order valence-corrected chi connectivity index (χ4v) is 2.76. The minimum atomic E-state index is -3.55. The van der Waals surface area contributed by atoms with Crippen molar-refractivity contribution in [1.29, 1.82) is 0 Å². The van der Waals surface area contributed by atoms with Crippen LogP contribution in [0.5, 0.6) is 0 Å². The number of aromatic nitrogens is 2. The van der Waals surface area contributed by atoms with Gasteiger partial charge in [-0.15, -0.1) is 0 Å². The van der Waals surface area contributed by atoms with Gasteiger partial charge in [0, 0.05) is 19.3 Å². The van der Waals surface area contributed by atoms with E-state index >= 15 is 0 Å². The molecule has 0 fully saturated rings. The zero-order valence-electron chi connectivity index (χ0n) is 11.3. The number of sulfonamides is 1. The van der Waals surface area contributed by atoms with Crippen molar-refractivity contribution in [3.05, 3.63) is 47.8 Å². The average Bonchev–Trinajstić information content (AvgIpc) is 2.88. The first-order valence-corrected chi connectivity index (χ1v) is 7.78. The van der Waals surface area contributed by atoms with Crippen molar-refractivity contribution < 1.29 is 8.42 Å². The lowest BCUT2D eigenvalue weighted by Crippen LogP contribution is -2.23. The molecule has 0 saturated carbocycles. The third-order valence-corrected chi connectivity index (χ3v) is 4.35. The molecule has 2 aromatic rings. The predicted molar refractivity (Wildman–Crippen MR) is 76.5 cm³/mol. The lowest BCUT2D eigenvalue weighted by atomic mass is 10.1. The minimum absolute atomic E-state index is 0.152. The summed E-state index contributed by atoms with van der Waals surface area (Å²) in [5, 5.41) is 3.96. The Morgan fingerprint density at radius 2 is 2.10 bits per heavy atom. The molecular weight excluding hydrogens is 276 g/mol. The van der Waals surface area contributed by atoms with Crippen LogP contribution in [0.2, 0.25) is 0 Å². The molecule has 0 unspecified atom stereocenters. The highest BCUT2D eigenvalue weighted by Crippen LogP contribution is 2.10. The van der Waals surface area contributed by atoms with Crippen LogP contribution >= 0.6 is 0 Å². The molecule has 0 bridgehead atoms. The highest BCUT2D eigenvalue weighted by atomic mass is 32.2. The van der Waals surface area contributed by atoms with E-state index in [1.54, 1.807) is 0 Å². The van der Waals surface area contributed by atoms with Crippen molar-refractivity contribution in [1.82, 2.24) is 14.5 Å². The van der Waals surface area contributed by atoms with Gasteiger partial charge in [-0.2, -0.15) is 5.10 Å². The molecule has 1 aromatic carbocycles. The molecule has 0 radical (unpaired) electrons. The van der Waals surface area contributed by atoms with E-state index in [1.165, 1.54) is 17.1 Å². The second-order valence-electron chi connectivity index (χ2n) is 4.48. The van der Waals surface area contributed by atoms with Gasteiger partial charge in [-0.1, -0.05) is 24.3 Å². The standard InChI is InChI=1S/C13H18N4O2S/c1-11-4-2-3-5-12(11)8-16-20(18,19)13-9-15-17(10-13)7-6-14/h2-5,9-10,16H,6-8,14H2,1H3. The zero-order valence-corrected chi connectivity index (χ0v) is 12.1. The summed E-state index contributed by atoms with van der Waals surface area (Å²) >= 11 is 0. The lowest BCUT2D eigenvalue weighted by molar-refractivity contribution is 0.580. The molecule has 2 rings (SSSR count). The summed E-state index contributed by atoms with van der Waals surface area (Å²) in [6.07, 6.45) is 2.81.